The Bertz CT molecular complexity index is 2570. The lowest BCUT2D eigenvalue weighted by Crippen LogP contribution is -2.06. The van der Waals surface area contributed by atoms with Crippen molar-refractivity contribution in [2.75, 3.05) is 0 Å². The van der Waals surface area contributed by atoms with Gasteiger partial charge in [-0.15, -0.1) is 0 Å². The van der Waals surface area contributed by atoms with Crippen LogP contribution in [0, 0.1) is 0 Å². The maximum Gasteiger partial charge on any atom is 0.161 e. The third-order valence-corrected chi connectivity index (χ3v) is 9.24. The maximum atomic E-state index is 6.52. The molecule has 0 N–H and O–H groups in total. The molecule has 0 saturated carbocycles. The molecule has 0 atom stereocenters. The smallest absolute Gasteiger partial charge is 0.161 e. The first kappa shape index (κ1) is 27.9. The number of fused-ring (bicyclic) bond motifs is 6. The maximum absolute atomic E-state index is 6.52. The fourth-order valence-corrected chi connectivity index (χ4v) is 7.05. The highest BCUT2D eigenvalue weighted by molar-refractivity contribution is 6.23. The molecule has 7 aromatic carbocycles. The molecular weight excluding hydrogens is 587 g/mol. The van der Waals surface area contributed by atoms with Crippen LogP contribution in [0.2, 0.25) is 0 Å². The summed E-state index contributed by atoms with van der Waals surface area (Å²) in [6, 6.07) is 52.5. The summed E-state index contributed by atoms with van der Waals surface area (Å²) in [5, 5.41) is 4.51. The summed E-state index contributed by atoms with van der Waals surface area (Å²) < 4.78 is 6.52. The quantitative estimate of drug-likeness (QED) is 0.140. The van der Waals surface area contributed by atoms with Gasteiger partial charge in [0.05, 0.1) is 6.54 Å². The average molecular weight is 616 g/mol. The Balaban J connectivity index is 1.16. The van der Waals surface area contributed by atoms with Gasteiger partial charge in [-0.05, 0) is 74.6 Å². The number of nitrogens with zero attached hydrogens (tertiary/aromatic N) is 3. The summed E-state index contributed by atoms with van der Waals surface area (Å²) in [6.45, 7) is 4.43. The lowest BCUT2D eigenvalue weighted by molar-refractivity contribution is 0.669. The van der Waals surface area contributed by atoms with Crippen LogP contribution in [0.25, 0.3) is 66.1 Å². The first-order valence-electron chi connectivity index (χ1n) is 16.1. The highest BCUT2D eigenvalue weighted by Gasteiger charge is 2.23. The van der Waals surface area contributed by atoms with E-state index in [4.69, 9.17) is 14.4 Å². The van der Waals surface area contributed by atoms with Gasteiger partial charge in [0.15, 0.2) is 11.7 Å². The highest BCUT2D eigenvalue weighted by atomic mass is 16.3. The summed E-state index contributed by atoms with van der Waals surface area (Å²) in [7, 11) is 0. The van der Waals surface area contributed by atoms with Crippen LogP contribution >= 0.6 is 0 Å². The third kappa shape index (κ3) is 4.57. The second-order valence-corrected chi connectivity index (χ2v) is 12.0. The van der Waals surface area contributed by atoms with Crippen molar-refractivity contribution in [3.05, 3.63) is 168 Å². The van der Waals surface area contributed by atoms with Gasteiger partial charge in [-0.1, -0.05) is 133 Å². The molecular formula is C44H29N3O. The summed E-state index contributed by atoms with van der Waals surface area (Å²) in [5.41, 5.74) is 11.9. The second-order valence-electron chi connectivity index (χ2n) is 12.0. The van der Waals surface area contributed by atoms with Crippen LogP contribution in [0.5, 0.6) is 0 Å². The van der Waals surface area contributed by atoms with E-state index in [2.05, 4.69) is 96.6 Å². The minimum absolute atomic E-state index is 0.495. The molecule has 8 aromatic rings. The molecule has 9 rings (SSSR count). The lowest BCUT2D eigenvalue weighted by Gasteiger charge is -2.10. The van der Waals surface area contributed by atoms with E-state index in [-0.39, 0.29) is 0 Å². The van der Waals surface area contributed by atoms with Gasteiger partial charge in [0, 0.05) is 21.9 Å². The van der Waals surface area contributed by atoms with Crippen LogP contribution in [0.3, 0.4) is 0 Å². The molecule has 0 unspecified atom stereocenters. The van der Waals surface area contributed by atoms with Gasteiger partial charge in [-0.3, -0.25) is 4.99 Å². The van der Waals surface area contributed by atoms with Crippen molar-refractivity contribution in [1.82, 2.24) is 0 Å². The fraction of sp³-hybridized carbons (Fsp3) is 0.0227. The van der Waals surface area contributed by atoms with E-state index in [9.17, 15) is 0 Å². The number of hydrogen-bond donors (Lipinski definition) is 0. The summed E-state index contributed by atoms with van der Waals surface area (Å²) in [5.74, 6) is 1.10. The summed E-state index contributed by atoms with van der Waals surface area (Å²) in [4.78, 5) is 14.4. The molecule has 0 fully saturated rings. The van der Waals surface area contributed by atoms with E-state index >= 15 is 0 Å². The zero-order valence-corrected chi connectivity index (χ0v) is 26.1. The van der Waals surface area contributed by atoms with Crippen LogP contribution in [-0.2, 0) is 6.54 Å². The fourth-order valence-electron chi connectivity index (χ4n) is 7.05. The predicted molar refractivity (Wildman–Crippen MR) is 200 cm³/mol. The van der Waals surface area contributed by atoms with E-state index in [1.54, 1.807) is 0 Å². The van der Waals surface area contributed by atoms with Crippen LogP contribution in [0.1, 0.15) is 16.7 Å². The summed E-state index contributed by atoms with van der Waals surface area (Å²) in [6.07, 6.45) is 0. The van der Waals surface area contributed by atoms with Crippen molar-refractivity contribution in [1.29, 1.82) is 0 Å². The monoisotopic (exact) mass is 615 g/mol. The molecule has 0 aliphatic heterocycles. The van der Waals surface area contributed by atoms with Crippen molar-refractivity contribution in [3.8, 4) is 33.4 Å². The van der Waals surface area contributed by atoms with Gasteiger partial charge >= 0.3 is 0 Å². The number of amidine groups is 2. The van der Waals surface area contributed by atoms with E-state index in [1.165, 1.54) is 38.6 Å². The van der Waals surface area contributed by atoms with E-state index in [0.29, 0.717) is 18.2 Å². The largest absolute Gasteiger partial charge is 0.456 e. The Labute approximate surface area is 278 Å². The van der Waals surface area contributed by atoms with Gasteiger partial charge in [-0.25, -0.2) is 9.98 Å². The highest BCUT2D eigenvalue weighted by Crippen LogP contribution is 2.49. The van der Waals surface area contributed by atoms with Crippen LogP contribution in [0.4, 0.5) is 0 Å². The Kier molecular flexibility index (Phi) is 6.65. The van der Waals surface area contributed by atoms with Gasteiger partial charge in [0.25, 0.3) is 0 Å². The summed E-state index contributed by atoms with van der Waals surface area (Å²) >= 11 is 0. The number of furan rings is 1. The topological polar surface area (TPSA) is 50.2 Å². The lowest BCUT2D eigenvalue weighted by atomic mass is 9.93. The molecule has 0 bridgehead atoms. The molecule has 1 aliphatic rings. The van der Waals surface area contributed by atoms with Crippen LogP contribution in [-0.4, -0.2) is 18.4 Å². The van der Waals surface area contributed by atoms with Gasteiger partial charge in [0.1, 0.15) is 11.2 Å². The molecule has 226 valence electrons. The van der Waals surface area contributed by atoms with Crippen LogP contribution in [0.15, 0.2) is 171 Å². The van der Waals surface area contributed by atoms with Crippen molar-refractivity contribution >= 4 is 51.1 Å². The molecule has 1 aliphatic carbocycles. The first-order chi connectivity index (χ1) is 23.8. The Morgan fingerprint density at radius 2 is 1.21 bits per heavy atom. The Morgan fingerprint density at radius 3 is 2.00 bits per heavy atom. The standard InChI is InChI=1S/C44H29N3O/c1-45-44(47-43(29-14-6-3-7-15-29)46-27-28-12-4-2-5-13-28)38-20-11-21-39-42(38)37-23-22-30(26-40(37)48-39)31-24-25-36-33-17-9-8-16-32(33)35-19-10-18-34(31)41(35)36/h2-26H,1,27H2. The third-order valence-electron chi connectivity index (χ3n) is 9.24. The Morgan fingerprint density at radius 1 is 0.521 bits per heavy atom. The van der Waals surface area contributed by atoms with Gasteiger partial charge in [0.2, 0.25) is 0 Å². The van der Waals surface area contributed by atoms with Gasteiger partial charge < -0.3 is 4.42 Å². The zero-order valence-electron chi connectivity index (χ0n) is 26.1. The number of aliphatic imine (C=N–C) groups is 3. The van der Waals surface area contributed by atoms with E-state index in [0.717, 1.165) is 44.2 Å². The van der Waals surface area contributed by atoms with E-state index < -0.39 is 0 Å². The molecule has 1 aromatic heterocycles. The van der Waals surface area contributed by atoms with Crippen molar-refractivity contribution in [3.63, 3.8) is 0 Å². The average Bonchev–Trinajstić information content (AvgIpc) is 3.69. The van der Waals surface area contributed by atoms with Crippen LogP contribution < -0.4 is 0 Å². The molecule has 48 heavy (non-hydrogen) atoms. The molecule has 4 heteroatoms. The zero-order chi connectivity index (χ0) is 32.0. The minimum atomic E-state index is 0.495. The SMILES string of the molecule is C=NC(=NC(=NCc1ccccc1)c1ccccc1)c1cccc2oc3cc(-c4ccc5c6c(cccc46)-c4ccccc4-5)ccc3c12. The molecule has 1 heterocycles. The number of benzene rings is 7. The first-order valence-corrected chi connectivity index (χ1v) is 16.1. The normalized spacial score (nSPS) is 12.6. The molecule has 0 saturated heterocycles. The van der Waals surface area contributed by atoms with Crippen molar-refractivity contribution < 1.29 is 4.42 Å². The number of rotatable bonds is 5. The molecule has 4 nitrogen and oxygen atoms in total. The molecule has 0 radical (unpaired) electrons. The second kappa shape index (κ2) is 11.4. The molecule has 0 spiro atoms. The Hall–Kier alpha value is -6.39. The van der Waals surface area contributed by atoms with Gasteiger partial charge in [-0.2, -0.15) is 0 Å². The predicted octanol–water partition coefficient (Wildman–Crippen LogP) is 11.1. The van der Waals surface area contributed by atoms with Crippen molar-refractivity contribution in [2.45, 2.75) is 6.54 Å². The van der Waals surface area contributed by atoms with E-state index in [1.807, 2.05) is 66.7 Å². The molecule has 0 amide bonds. The van der Waals surface area contributed by atoms with Crippen molar-refractivity contribution in [2.24, 2.45) is 15.0 Å². The minimum Gasteiger partial charge on any atom is -0.456 e. The number of hydrogen-bond acceptors (Lipinski definition) is 2.